The number of para-hydroxylation sites is 1. The third-order valence-corrected chi connectivity index (χ3v) is 5.54. The molecular weight excluding hydrogens is 431 g/mol. The Hall–Kier alpha value is -3.02. The van der Waals surface area contributed by atoms with Crippen LogP contribution in [0.5, 0.6) is 0 Å². The third-order valence-electron chi connectivity index (χ3n) is 5.54. The maximum atomic E-state index is 13.5. The Bertz CT molecular complexity index is 1160. The molecule has 0 fully saturated rings. The topological polar surface area (TPSA) is 52.2 Å². The van der Waals surface area contributed by atoms with E-state index >= 15 is 0 Å². The number of nitrogens with zero attached hydrogens (tertiary/aromatic N) is 3. The molecule has 1 aliphatic rings. The normalized spacial score (nSPS) is 13.0. The maximum Gasteiger partial charge on any atom is 0.254 e. The molecule has 0 saturated heterocycles. The summed E-state index contributed by atoms with van der Waals surface area (Å²) in [6, 6.07) is 22.3. The lowest BCUT2D eigenvalue weighted by Gasteiger charge is -2.24. The molecular formula is C24H24Cl2N4O. The number of carbonyl (C=O) groups is 1. The van der Waals surface area contributed by atoms with Crippen molar-refractivity contribution < 1.29 is 4.79 Å². The average Bonchev–Trinajstić information content (AvgIpc) is 3.21. The molecule has 0 radical (unpaired) electrons. The van der Waals surface area contributed by atoms with Crippen molar-refractivity contribution in [1.82, 2.24) is 14.9 Å². The summed E-state index contributed by atoms with van der Waals surface area (Å²) in [4.78, 5) is 25.3. The van der Waals surface area contributed by atoms with E-state index in [1.54, 1.807) is 6.20 Å². The van der Waals surface area contributed by atoms with Gasteiger partial charge in [0.2, 0.25) is 0 Å². The lowest BCUT2D eigenvalue weighted by molar-refractivity contribution is 0.0753. The van der Waals surface area contributed by atoms with Crippen LogP contribution in [0.25, 0.3) is 10.8 Å². The van der Waals surface area contributed by atoms with Crippen LogP contribution in [0.1, 0.15) is 21.7 Å². The molecule has 3 aromatic carbocycles. The molecule has 31 heavy (non-hydrogen) atoms. The van der Waals surface area contributed by atoms with E-state index in [1.807, 2.05) is 47.5 Å². The number of anilines is 1. The molecule has 0 bridgehead atoms. The van der Waals surface area contributed by atoms with Crippen molar-refractivity contribution in [3.8, 4) is 0 Å². The number of aromatic nitrogens is 2. The quantitative estimate of drug-likeness (QED) is 0.470. The van der Waals surface area contributed by atoms with Crippen molar-refractivity contribution in [2.24, 2.45) is 0 Å². The van der Waals surface area contributed by atoms with Crippen LogP contribution in [0.4, 0.5) is 5.69 Å². The van der Waals surface area contributed by atoms with Crippen molar-refractivity contribution in [2.75, 3.05) is 18.0 Å². The highest BCUT2D eigenvalue weighted by atomic mass is 35.5. The van der Waals surface area contributed by atoms with Crippen molar-refractivity contribution in [3.05, 3.63) is 96.1 Å². The molecule has 2 heterocycles. The Morgan fingerprint density at radius 1 is 0.935 bits per heavy atom. The number of rotatable bonds is 3. The van der Waals surface area contributed by atoms with Crippen LogP contribution in [-0.2, 0) is 13.1 Å². The molecule has 5 rings (SSSR count). The van der Waals surface area contributed by atoms with Gasteiger partial charge in [-0.15, -0.1) is 24.8 Å². The van der Waals surface area contributed by atoms with Crippen LogP contribution in [0.3, 0.4) is 0 Å². The number of halogens is 2. The molecule has 4 aromatic rings. The highest BCUT2D eigenvalue weighted by Crippen LogP contribution is 2.28. The molecule has 1 aliphatic heterocycles. The Morgan fingerprint density at radius 3 is 2.55 bits per heavy atom. The molecule has 0 atom stereocenters. The second-order valence-electron chi connectivity index (χ2n) is 7.34. The summed E-state index contributed by atoms with van der Waals surface area (Å²) >= 11 is 0. The van der Waals surface area contributed by atoms with Gasteiger partial charge in [0, 0.05) is 43.3 Å². The maximum absolute atomic E-state index is 13.5. The molecule has 5 nitrogen and oxygen atoms in total. The van der Waals surface area contributed by atoms with Crippen LogP contribution < -0.4 is 4.90 Å². The van der Waals surface area contributed by atoms with E-state index in [-0.39, 0.29) is 30.7 Å². The predicted octanol–water partition coefficient (Wildman–Crippen LogP) is 5.07. The van der Waals surface area contributed by atoms with Gasteiger partial charge in [0.05, 0.1) is 6.54 Å². The van der Waals surface area contributed by atoms with Crippen molar-refractivity contribution in [1.29, 1.82) is 0 Å². The van der Waals surface area contributed by atoms with E-state index in [9.17, 15) is 4.79 Å². The first-order valence-corrected chi connectivity index (χ1v) is 9.88. The van der Waals surface area contributed by atoms with Gasteiger partial charge in [-0.3, -0.25) is 4.79 Å². The Kier molecular flexibility index (Phi) is 7.21. The monoisotopic (exact) mass is 454 g/mol. The summed E-state index contributed by atoms with van der Waals surface area (Å²) in [7, 11) is 0. The number of hydrogen-bond acceptors (Lipinski definition) is 3. The summed E-state index contributed by atoms with van der Waals surface area (Å²) in [5.41, 5.74) is 3.09. The first-order chi connectivity index (χ1) is 14.3. The smallest absolute Gasteiger partial charge is 0.254 e. The summed E-state index contributed by atoms with van der Waals surface area (Å²) in [6.07, 6.45) is 3.62. The Labute approximate surface area is 193 Å². The number of hydrogen-bond donors (Lipinski definition) is 1. The zero-order valence-corrected chi connectivity index (χ0v) is 18.5. The van der Waals surface area contributed by atoms with E-state index in [0.29, 0.717) is 19.6 Å². The van der Waals surface area contributed by atoms with Gasteiger partial charge in [0.25, 0.3) is 5.91 Å². The number of carbonyl (C=O) groups excluding carboxylic acids is 1. The number of nitrogens with one attached hydrogen (secondary N) is 1. The van der Waals surface area contributed by atoms with Crippen LogP contribution >= 0.6 is 24.8 Å². The second-order valence-corrected chi connectivity index (χ2v) is 7.34. The minimum absolute atomic E-state index is 0. The van der Waals surface area contributed by atoms with Crippen LogP contribution in [-0.4, -0.2) is 33.9 Å². The van der Waals surface area contributed by atoms with Crippen molar-refractivity contribution in [3.63, 3.8) is 0 Å². The van der Waals surface area contributed by atoms with Gasteiger partial charge in [0.1, 0.15) is 5.82 Å². The number of imidazole rings is 1. The largest absolute Gasteiger partial charge is 0.362 e. The highest BCUT2D eigenvalue weighted by Gasteiger charge is 2.25. The van der Waals surface area contributed by atoms with E-state index in [1.165, 1.54) is 0 Å². The fourth-order valence-corrected chi connectivity index (χ4v) is 4.08. The van der Waals surface area contributed by atoms with Gasteiger partial charge >= 0.3 is 0 Å². The van der Waals surface area contributed by atoms with Gasteiger partial charge in [-0.05, 0) is 28.5 Å². The number of fused-ring (bicyclic) bond motifs is 2. The van der Waals surface area contributed by atoms with E-state index in [0.717, 1.165) is 40.0 Å². The molecule has 0 saturated carbocycles. The first kappa shape index (κ1) is 22.7. The molecule has 0 aliphatic carbocycles. The van der Waals surface area contributed by atoms with Gasteiger partial charge < -0.3 is 14.8 Å². The van der Waals surface area contributed by atoms with Crippen molar-refractivity contribution in [2.45, 2.75) is 13.1 Å². The molecule has 1 aromatic heterocycles. The standard InChI is InChI=1S/C24H22N4O.2ClH/c29-24(21-10-5-8-18-6-1-3-9-20(18)21)28-15-14-27(17-23-25-12-13-26-23)22-11-4-2-7-19(22)16-28;;/h1-13H,14-17H2,(H,25,26);2*1H. The summed E-state index contributed by atoms with van der Waals surface area (Å²) in [5.74, 6) is 1.00. The SMILES string of the molecule is Cl.Cl.O=C(c1cccc2ccccc12)N1CCN(Cc2ncc[nH]2)c2ccccc2C1. The first-order valence-electron chi connectivity index (χ1n) is 9.88. The van der Waals surface area contributed by atoms with Gasteiger partial charge in [-0.2, -0.15) is 0 Å². The fraction of sp³-hybridized carbons (Fsp3) is 0.167. The van der Waals surface area contributed by atoms with Crippen LogP contribution in [0.15, 0.2) is 79.1 Å². The Morgan fingerprint density at radius 2 is 1.71 bits per heavy atom. The number of amides is 1. The summed E-state index contributed by atoms with van der Waals surface area (Å²) < 4.78 is 0. The van der Waals surface area contributed by atoms with Crippen LogP contribution in [0, 0.1) is 0 Å². The van der Waals surface area contributed by atoms with Crippen LogP contribution in [0.2, 0.25) is 0 Å². The minimum atomic E-state index is 0. The highest BCUT2D eigenvalue weighted by molar-refractivity contribution is 6.07. The van der Waals surface area contributed by atoms with Gasteiger partial charge in [-0.1, -0.05) is 54.6 Å². The van der Waals surface area contributed by atoms with E-state index in [2.05, 4.69) is 45.2 Å². The summed E-state index contributed by atoms with van der Waals surface area (Å²) in [5, 5.41) is 2.10. The van der Waals surface area contributed by atoms with E-state index < -0.39 is 0 Å². The fourth-order valence-electron chi connectivity index (χ4n) is 4.08. The number of H-pyrrole nitrogens is 1. The summed E-state index contributed by atoms with van der Waals surface area (Å²) in [6.45, 7) is 2.72. The number of aromatic amines is 1. The molecule has 7 heteroatoms. The average molecular weight is 455 g/mol. The minimum Gasteiger partial charge on any atom is -0.362 e. The zero-order chi connectivity index (χ0) is 19.6. The molecule has 1 N–H and O–H groups in total. The molecule has 0 unspecified atom stereocenters. The van der Waals surface area contributed by atoms with E-state index in [4.69, 9.17) is 0 Å². The predicted molar refractivity (Wildman–Crippen MR) is 129 cm³/mol. The van der Waals surface area contributed by atoms with Gasteiger partial charge in [0.15, 0.2) is 0 Å². The lowest BCUT2D eigenvalue weighted by Crippen LogP contribution is -2.35. The number of benzene rings is 3. The Balaban J connectivity index is 0.00000136. The zero-order valence-electron chi connectivity index (χ0n) is 16.9. The molecule has 1 amide bonds. The molecule has 0 spiro atoms. The van der Waals surface area contributed by atoms with Gasteiger partial charge in [-0.25, -0.2) is 4.98 Å². The van der Waals surface area contributed by atoms with Crippen molar-refractivity contribution >= 4 is 47.2 Å². The molecule has 160 valence electrons. The second kappa shape index (κ2) is 9.86. The third kappa shape index (κ3) is 4.53. The lowest BCUT2D eigenvalue weighted by atomic mass is 10.0.